The minimum Gasteiger partial charge on any atom is -0.492 e. The van der Waals surface area contributed by atoms with Crippen molar-refractivity contribution in [1.29, 1.82) is 0 Å². The summed E-state index contributed by atoms with van der Waals surface area (Å²) >= 11 is 5.74. The molecular weight excluding hydrogens is 248 g/mol. The molecule has 0 fully saturated rings. The molecule has 86 valence electrons. The van der Waals surface area contributed by atoms with Crippen LogP contribution in [0.1, 0.15) is 0 Å². The zero-order valence-electron chi connectivity index (χ0n) is 8.52. The average Bonchev–Trinajstić information content (AvgIpc) is 2.17. The van der Waals surface area contributed by atoms with Crippen LogP contribution in [-0.2, 0) is 9.84 Å². The molecule has 1 rings (SSSR count). The van der Waals surface area contributed by atoms with Crippen molar-refractivity contribution in [3.63, 3.8) is 0 Å². The lowest BCUT2D eigenvalue weighted by atomic mass is 10.3. The van der Waals surface area contributed by atoms with Gasteiger partial charge in [-0.3, -0.25) is 0 Å². The number of terminal acetylenes is 1. The van der Waals surface area contributed by atoms with Gasteiger partial charge < -0.3 is 4.74 Å². The Morgan fingerprint density at radius 3 is 2.81 bits per heavy atom. The molecule has 1 aromatic carbocycles. The first kappa shape index (κ1) is 12.9. The van der Waals surface area contributed by atoms with Gasteiger partial charge in [0.05, 0.1) is 5.75 Å². The molecule has 0 N–H and O–H groups in total. The molecule has 0 aliphatic heterocycles. The highest BCUT2D eigenvalue weighted by atomic mass is 35.5. The zero-order valence-corrected chi connectivity index (χ0v) is 10.1. The molecule has 0 unspecified atom stereocenters. The fourth-order valence-electron chi connectivity index (χ4n) is 1.04. The number of halogens is 1. The topological polar surface area (TPSA) is 43.4 Å². The summed E-state index contributed by atoms with van der Waals surface area (Å²) in [7, 11) is -3.21. The third-order valence-corrected chi connectivity index (χ3v) is 3.39. The van der Waals surface area contributed by atoms with E-state index in [1.54, 1.807) is 24.3 Å². The second-order valence-electron chi connectivity index (χ2n) is 3.10. The van der Waals surface area contributed by atoms with Gasteiger partial charge in [-0.1, -0.05) is 23.6 Å². The summed E-state index contributed by atoms with van der Waals surface area (Å²) in [5, 5.41) is 0.545. The highest BCUT2D eigenvalue weighted by Crippen LogP contribution is 2.16. The first-order valence-corrected chi connectivity index (χ1v) is 6.76. The molecule has 0 atom stereocenters. The maximum absolute atomic E-state index is 11.2. The van der Waals surface area contributed by atoms with E-state index in [-0.39, 0.29) is 18.1 Å². The summed E-state index contributed by atoms with van der Waals surface area (Å²) in [6.45, 7) is 0.0738. The van der Waals surface area contributed by atoms with Crippen LogP contribution in [0.25, 0.3) is 0 Å². The van der Waals surface area contributed by atoms with Gasteiger partial charge in [-0.05, 0) is 18.2 Å². The Morgan fingerprint density at radius 1 is 1.44 bits per heavy atom. The fourth-order valence-corrected chi connectivity index (χ4v) is 1.96. The Labute approximate surface area is 100 Å². The number of hydrogen-bond acceptors (Lipinski definition) is 3. The van der Waals surface area contributed by atoms with Crippen LogP contribution in [0, 0.1) is 12.3 Å². The third-order valence-electron chi connectivity index (χ3n) is 1.76. The summed E-state index contributed by atoms with van der Waals surface area (Å²) in [6.07, 6.45) is 4.93. The first-order chi connectivity index (χ1) is 7.53. The number of hydrogen-bond donors (Lipinski definition) is 0. The van der Waals surface area contributed by atoms with Crippen LogP contribution in [0.3, 0.4) is 0 Å². The van der Waals surface area contributed by atoms with Crippen LogP contribution < -0.4 is 4.74 Å². The molecule has 0 heterocycles. The van der Waals surface area contributed by atoms with E-state index in [4.69, 9.17) is 22.8 Å². The molecule has 0 spiro atoms. The molecule has 0 saturated heterocycles. The van der Waals surface area contributed by atoms with Gasteiger partial charge in [-0.2, -0.15) is 0 Å². The number of ether oxygens (including phenoxy) is 1. The first-order valence-electron chi connectivity index (χ1n) is 4.56. The molecule has 0 saturated carbocycles. The average molecular weight is 259 g/mol. The fraction of sp³-hybridized carbons (Fsp3) is 0.273. The molecule has 0 radical (unpaired) electrons. The molecule has 0 bridgehead atoms. The molecule has 3 nitrogen and oxygen atoms in total. The van der Waals surface area contributed by atoms with Gasteiger partial charge in [0.1, 0.15) is 18.1 Å². The Kier molecular flexibility index (Phi) is 4.66. The van der Waals surface area contributed by atoms with Gasteiger partial charge in [0, 0.05) is 5.02 Å². The van der Waals surface area contributed by atoms with Gasteiger partial charge in [-0.15, -0.1) is 6.42 Å². The summed E-state index contributed by atoms with van der Waals surface area (Å²) in [6, 6.07) is 6.77. The lowest BCUT2D eigenvalue weighted by Crippen LogP contribution is -2.16. The Hall–Kier alpha value is -1.18. The molecule has 0 amide bonds. The van der Waals surface area contributed by atoms with E-state index in [2.05, 4.69) is 5.92 Å². The summed E-state index contributed by atoms with van der Waals surface area (Å²) in [4.78, 5) is 0. The van der Waals surface area contributed by atoms with Crippen molar-refractivity contribution in [2.45, 2.75) is 0 Å². The predicted octanol–water partition coefficient (Wildman–Crippen LogP) is 1.77. The highest BCUT2D eigenvalue weighted by molar-refractivity contribution is 7.91. The van der Waals surface area contributed by atoms with Gasteiger partial charge in [0.2, 0.25) is 0 Å². The molecule has 16 heavy (non-hydrogen) atoms. The quantitative estimate of drug-likeness (QED) is 0.756. The molecular formula is C11H11ClO3S. The smallest absolute Gasteiger partial charge is 0.164 e. The molecule has 0 aliphatic rings. The van der Waals surface area contributed by atoms with E-state index in [9.17, 15) is 8.42 Å². The van der Waals surface area contributed by atoms with Gasteiger partial charge >= 0.3 is 0 Å². The Bertz CT molecular complexity index is 488. The summed E-state index contributed by atoms with van der Waals surface area (Å²) in [5.74, 6) is 2.29. The lowest BCUT2D eigenvalue weighted by Gasteiger charge is -2.05. The van der Waals surface area contributed by atoms with Gasteiger partial charge in [0.25, 0.3) is 0 Å². The van der Waals surface area contributed by atoms with E-state index in [0.717, 1.165) is 0 Å². The molecule has 0 aromatic heterocycles. The van der Waals surface area contributed by atoms with Gasteiger partial charge in [-0.25, -0.2) is 8.42 Å². The molecule has 5 heteroatoms. The van der Waals surface area contributed by atoms with Crippen LogP contribution in [-0.4, -0.2) is 26.5 Å². The normalized spacial score (nSPS) is 10.8. The third kappa shape index (κ3) is 4.56. The second kappa shape index (κ2) is 5.78. The van der Waals surface area contributed by atoms with E-state index in [0.29, 0.717) is 10.8 Å². The number of rotatable bonds is 5. The van der Waals surface area contributed by atoms with E-state index < -0.39 is 9.84 Å². The van der Waals surface area contributed by atoms with Crippen molar-refractivity contribution in [1.82, 2.24) is 0 Å². The summed E-state index contributed by atoms with van der Waals surface area (Å²) in [5.41, 5.74) is 0. The minimum atomic E-state index is -3.21. The van der Waals surface area contributed by atoms with Crippen molar-refractivity contribution >= 4 is 21.4 Å². The minimum absolute atomic E-state index is 0.0738. The molecule has 0 aliphatic carbocycles. The van der Waals surface area contributed by atoms with Crippen LogP contribution in [0.5, 0.6) is 5.75 Å². The van der Waals surface area contributed by atoms with Crippen LogP contribution >= 0.6 is 11.6 Å². The van der Waals surface area contributed by atoms with E-state index >= 15 is 0 Å². The van der Waals surface area contributed by atoms with Crippen molar-refractivity contribution in [2.75, 3.05) is 18.1 Å². The maximum Gasteiger partial charge on any atom is 0.164 e. The summed E-state index contributed by atoms with van der Waals surface area (Å²) < 4.78 is 27.7. The van der Waals surface area contributed by atoms with Crippen LogP contribution in [0.15, 0.2) is 24.3 Å². The lowest BCUT2D eigenvalue weighted by molar-refractivity contribution is 0.341. The number of sulfone groups is 1. The Balaban J connectivity index is 2.45. The largest absolute Gasteiger partial charge is 0.492 e. The standard InChI is InChI=1S/C11H11ClO3S/c1-2-7-16(13,14)8-6-15-11-5-3-4-10(12)9-11/h1,3-5,9H,6-8H2. The molecule has 1 aromatic rings. The van der Waals surface area contributed by atoms with Gasteiger partial charge in [0.15, 0.2) is 9.84 Å². The van der Waals surface area contributed by atoms with Crippen molar-refractivity contribution < 1.29 is 13.2 Å². The van der Waals surface area contributed by atoms with Crippen molar-refractivity contribution in [2.24, 2.45) is 0 Å². The van der Waals surface area contributed by atoms with Crippen molar-refractivity contribution in [3.8, 4) is 18.1 Å². The van der Waals surface area contributed by atoms with E-state index in [1.807, 2.05) is 0 Å². The van der Waals surface area contributed by atoms with Crippen molar-refractivity contribution in [3.05, 3.63) is 29.3 Å². The van der Waals surface area contributed by atoms with Crippen LogP contribution in [0.4, 0.5) is 0 Å². The second-order valence-corrected chi connectivity index (χ2v) is 5.72. The predicted molar refractivity (Wildman–Crippen MR) is 64.4 cm³/mol. The van der Waals surface area contributed by atoms with Crippen LogP contribution in [0.2, 0.25) is 5.02 Å². The van der Waals surface area contributed by atoms with E-state index in [1.165, 1.54) is 0 Å². The Morgan fingerprint density at radius 2 is 2.19 bits per heavy atom. The number of benzene rings is 1. The maximum atomic E-state index is 11.2. The monoisotopic (exact) mass is 258 g/mol. The SMILES string of the molecule is C#CCS(=O)(=O)CCOc1cccc(Cl)c1. The highest BCUT2D eigenvalue weighted by Gasteiger charge is 2.08. The zero-order chi connectivity index (χ0) is 12.0.